The number of ketones is 2. The zero-order valence-electron chi connectivity index (χ0n) is 12.9. The van der Waals surface area contributed by atoms with E-state index in [2.05, 4.69) is 0 Å². The molecule has 118 valence electrons. The van der Waals surface area contributed by atoms with E-state index in [4.69, 9.17) is 4.74 Å². The first kappa shape index (κ1) is 16.4. The Kier molecular flexibility index (Phi) is 5.44. The van der Waals surface area contributed by atoms with E-state index in [1.54, 1.807) is 13.8 Å². The summed E-state index contributed by atoms with van der Waals surface area (Å²) in [5, 5.41) is 0. The molecule has 0 radical (unpaired) electrons. The Labute approximate surface area is 130 Å². The summed E-state index contributed by atoms with van der Waals surface area (Å²) in [5.41, 5.74) is 0.833. The number of likely N-dealkylation sites (tertiary alicyclic amines) is 1. The standard InChI is InChI=1S/C17H21NO4/c1-12(2)16(21)14-10-18(9-8-15(14)20)17(22-11-19)13-6-4-3-5-7-13/h3-7,11-12,14,17H,8-10H2,1-2H3. The Hall–Kier alpha value is -2.01. The van der Waals surface area contributed by atoms with E-state index in [0.717, 1.165) is 5.56 Å². The van der Waals surface area contributed by atoms with E-state index < -0.39 is 12.1 Å². The molecule has 1 fully saturated rings. The highest BCUT2D eigenvalue weighted by atomic mass is 16.5. The minimum absolute atomic E-state index is 0.0205. The lowest BCUT2D eigenvalue weighted by Gasteiger charge is -2.36. The van der Waals surface area contributed by atoms with Gasteiger partial charge in [0.1, 0.15) is 11.6 Å². The van der Waals surface area contributed by atoms with E-state index in [-0.39, 0.29) is 17.5 Å². The van der Waals surface area contributed by atoms with E-state index in [0.29, 0.717) is 26.0 Å². The normalized spacial score (nSPS) is 20.7. The van der Waals surface area contributed by atoms with Crippen molar-refractivity contribution in [2.75, 3.05) is 13.1 Å². The number of carbonyl (C=O) groups is 3. The number of Topliss-reactive ketones (excluding diaryl/α,β-unsaturated/α-hetero) is 2. The highest BCUT2D eigenvalue weighted by Crippen LogP contribution is 2.27. The second kappa shape index (κ2) is 7.31. The molecule has 1 saturated heterocycles. The lowest BCUT2D eigenvalue weighted by molar-refractivity contribution is -0.151. The summed E-state index contributed by atoms with van der Waals surface area (Å²) in [4.78, 5) is 37.0. The van der Waals surface area contributed by atoms with Crippen molar-refractivity contribution < 1.29 is 19.1 Å². The van der Waals surface area contributed by atoms with Crippen molar-refractivity contribution >= 4 is 18.0 Å². The maximum absolute atomic E-state index is 12.2. The zero-order valence-corrected chi connectivity index (χ0v) is 12.9. The number of rotatable bonds is 6. The van der Waals surface area contributed by atoms with E-state index in [1.807, 2.05) is 35.2 Å². The van der Waals surface area contributed by atoms with Crippen LogP contribution in [-0.4, -0.2) is 36.0 Å². The van der Waals surface area contributed by atoms with Crippen LogP contribution in [0.1, 0.15) is 32.1 Å². The summed E-state index contributed by atoms with van der Waals surface area (Å²) in [5.74, 6) is -0.883. The van der Waals surface area contributed by atoms with Gasteiger partial charge in [0.25, 0.3) is 6.47 Å². The molecule has 0 spiro atoms. The first-order valence-electron chi connectivity index (χ1n) is 7.49. The maximum Gasteiger partial charge on any atom is 0.294 e. The van der Waals surface area contributed by atoms with Crippen molar-refractivity contribution in [3.8, 4) is 0 Å². The lowest BCUT2D eigenvalue weighted by atomic mass is 9.87. The van der Waals surface area contributed by atoms with Gasteiger partial charge in [0.15, 0.2) is 6.23 Å². The Morgan fingerprint density at radius 3 is 2.59 bits per heavy atom. The van der Waals surface area contributed by atoms with Crippen LogP contribution in [0.25, 0.3) is 0 Å². The molecule has 0 aromatic heterocycles. The maximum atomic E-state index is 12.2. The molecular weight excluding hydrogens is 282 g/mol. The van der Waals surface area contributed by atoms with Gasteiger partial charge in [-0.25, -0.2) is 0 Å². The summed E-state index contributed by atoms with van der Waals surface area (Å²) in [6.45, 7) is 4.78. The van der Waals surface area contributed by atoms with Gasteiger partial charge < -0.3 is 4.74 Å². The van der Waals surface area contributed by atoms with Crippen LogP contribution < -0.4 is 0 Å². The van der Waals surface area contributed by atoms with E-state index in [9.17, 15) is 14.4 Å². The van der Waals surface area contributed by atoms with Gasteiger partial charge >= 0.3 is 0 Å². The minimum Gasteiger partial charge on any atom is -0.444 e. The SMILES string of the molecule is CC(C)C(=O)C1CN(C(OC=O)c2ccccc2)CCC1=O. The highest BCUT2D eigenvalue weighted by molar-refractivity contribution is 6.03. The van der Waals surface area contributed by atoms with Crippen molar-refractivity contribution in [2.45, 2.75) is 26.5 Å². The molecule has 2 atom stereocenters. The fourth-order valence-corrected chi connectivity index (χ4v) is 2.77. The van der Waals surface area contributed by atoms with Gasteiger partial charge in [-0.05, 0) is 0 Å². The van der Waals surface area contributed by atoms with Crippen molar-refractivity contribution in [1.29, 1.82) is 0 Å². The molecule has 0 aliphatic carbocycles. The minimum atomic E-state index is -0.629. The monoisotopic (exact) mass is 303 g/mol. The summed E-state index contributed by atoms with van der Waals surface area (Å²) in [7, 11) is 0. The molecule has 5 nitrogen and oxygen atoms in total. The predicted molar refractivity (Wildman–Crippen MR) is 80.9 cm³/mol. The zero-order chi connectivity index (χ0) is 16.1. The molecule has 5 heteroatoms. The van der Waals surface area contributed by atoms with Gasteiger partial charge in [0, 0.05) is 31.0 Å². The second-order valence-electron chi connectivity index (χ2n) is 5.82. The number of ether oxygens (including phenoxy) is 1. The fraction of sp³-hybridized carbons (Fsp3) is 0.471. The number of benzene rings is 1. The van der Waals surface area contributed by atoms with Crippen LogP contribution in [-0.2, 0) is 19.1 Å². The fourth-order valence-electron chi connectivity index (χ4n) is 2.77. The van der Waals surface area contributed by atoms with Crippen molar-refractivity contribution in [2.24, 2.45) is 11.8 Å². The summed E-state index contributed by atoms with van der Waals surface area (Å²) in [6, 6.07) is 9.34. The van der Waals surface area contributed by atoms with Crippen molar-refractivity contribution in [1.82, 2.24) is 4.90 Å². The lowest BCUT2D eigenvalue weighted by Crippen LogP contribution is -2.47. The van der Waals surface area contributed by atoms with E-state index in [1.165, 1.54) is 0 Å². The van der Waals surface area contributed by atoms with Crippen LogP contribution in [0.3, 0.4) is 0 Å². The molecular formula is C17H21NO4. The van der Waals surface area contributed by atoms with Crippen molar-refractivity contribution in [3.05, 3.63) is 35.9 Å². The van der Waals surface area contributed by atoms with Crippen LogP contribution >= 0.6 is 0 Å². The average molecular weight is 303 g/mol. The molecule has 0 saturated carbocycles. The van der Waals surface area contributed by atoms with Crippen LogP contribution in [0.5, 0.6) is 0 Å². The number of piperidine rings is 1. The van der Waals surface area contributed by atoms with Crippen LogP contribution in [0, 0.1) is 11.8 Å². The molecule has 1 aliphatic heterocycles. The first-order valence-corrected chi connectivity index (χ1v) is 7.49. The smallest absolute Gasteiger partial charge is 0.294 e. The van der Waals surface area contributed by atoms with E-state index >= 15 is 0 Å². The third-order valence-electron chi connectivity index (χ3n) is 3.96. The highest BCUT2D eigenvalue weighted by Gasteiger charge is 2.37. The molecule has 0 N–H and O–H groups in total. The molecule has 1 aromatic rings. The quantitative estimate of drug-likeness (QED) is 0.594. The number of hydrogen-bond donors (Lipinski definition) is 0. The first-order chi connectivity index (χ1) is 10.5. The molecule has 22 heavy (non-hydrogen) atoms. The summed E-state index contributed by atoms with van der Waals surface area (Å²) < 4.78 is 5.21. The molecule has 0 amide bonds. The number of hydrogen-bond acceptors (Lipinski definition) is 5. The van der Waals surface area contributed by atoms with Crippen LogP contribution in [0.15, 0.2) is 30.3 Å². The predicted octanol–water partition coefficient (Wildman–Crippen LogP) is 1.97. The Morgan fingerprint density at radius 2 is 2.00 bits per heavy atom. The number of nitrogens with zero attached hydrogens (tertiary/aromatic N) is 1. The Bertz CT molecular complexity index is 541. The van der Waals surface area contributed by atoms with Gasteiger partial charge in [-0.2, -0.15) is 0 Å². The summed E-state index contributed by atoms with van der Waals surface area (Å²) in [6.07, 6.45) is -0.261. The van der Waals surface area contributed by atoms with Gasteiger partial charge in [-0.15, -0.1) is 0 Å². The van der Waals surface area contributed by atoms with Crippen LogP contribution in [0.4, 0.5) is 0 Å². The van der Waals surface area contributed by atoms with Gasteiger partial charge in [-0.3, -0.25) is 19.3 Å². The molecule has 0 bridgehead atoms. The third-order valence-corrected chi connectivity index (χ3v) is 3.96. The Balaban J connectivity index is 2.20. The van der Waals surface area contributed by atoms with Gasteiger partial charge in [0.2, 0.25) is 0 Å². The van der Waals surface area contributed by atoms with Gasteiger partial charge in [-0.1, -0.05) is 44.2 Å². The number of carbonyl (C=O) groups excluding carboxylic acids is 3. The summed E-state index contributed by atoms with van der Waals surface area (Å²) >= 11 is 0. The molecule has 2 unspecified atom stereocenters. The molecule has 1 heterocycles. The van der Waals surface area contributed by atoms with Crippen LogP contribution in [0.2, 0.25) is 0 Å². The Morgan fingerprint density at radius 1 is 1.32 bits per heavy atom. The average Bonchev–Trinajstić information content (AvgIpc) is 2.53. The molecule has 2 rings (SSSR count). The second-order valence-corrected chi connectivity index (χ2v) is 5.82. The largest absolute Gasteiger partial charge is 0.444 e. The molecule has 1 aromatic carbocycles. The van der Waals surface area contributed by atoms with Gasteiger partial charge in [0.05, 0.1) is 5.92 Å². The topological polar surface area (TPSA) is 63.7 Å². The van der Waals surface area contributed by atoms with Crippen molar-refractivity contribution in [3.63, 3.8) is 0 Å². The third kappa shape index (κ3) is 3.60. The molecule has 1 aliphatic rings.